The van der Waals surface area contributed by atoms with Gasteiger partial charge in [0, 0.05) is 5.56 Å². The molecule has 31 heavy (non-hydrogen) atoms. The van der Waals surface area contributed by atoms with E-state index < -0.39 is 17.6 Å². The van der Waals surface area contributed by atoms with Crippen LogP contribution in [-0.4, -0.2) is 18.0 Å². The van der Waals surface area contributed by atoms with E-state index in [1.54, 1.807) is 18.2 Å². The highest BCUT2D eigenvalue weighted by molar-refractivity contribution is 7.22. The first-order chi connectivity index (χ1) is 14.8. The van der Waals surface area contributed by atoms with Gasteiger partial charge < -0.3 is 9.15 Å². The van der Waals surface area contributed by atoms with Crippen molar-refractivity contribution in [2.75, 3.05) is 12.0 Å². The second-order valence-corrected chi connectivity index (χ2v) is 7.79. The van der Waals surface area contributed by atoms with Crippen LogP contribution in [0, 0.1) is 6.92 Å². The molecule has 1 amide bonds. The summed E-state index contributed by atoms with van der Waals surface area (Å²) in [6.45, 7) is 1.93. The number of fused-ring (bicyclic) bond motifs is 1. The van der Waals surface area contributed by atoms with Gasteiger partial charge in [0.15, 0.2) is 5.13 Å². The average Bonchev–Trinajstić information content (AvgIpc) is 3.42. The predicted octanol–water partition coefficient (Wildman–Crippen LogP) is 6.07. The summed E-state index contributed by atoms with van der Waals surface area (Å²) < 4.78 is 51.1. The molecule has 5 nitrogen and oxygen atoms in total. The van der Waals surface area contributed by atoms with Crippen molar-refractivity contribution in [1.29, 1.82) is 0 Å². The lowest BCUT2D eigenvalue weighted by molar-refractivity contribution is -0.137. The summed E-state index contributed by atoms with van der Waals surface area (Å²) >= 11 is 1.27. The van der Waals surface area contributed by atoms with Crippen LogP contribution < -0.4 is 9.64 Å². The number of amides is 1. The Balaban J connectivity index is 1.81. The first-order valence-electron chi connectivity index (χ1n) is 9.23. The molecule has 0 aliphatic heterocycles. The summed E-state index contributed by atoms with van der Waals surface area (Å²) in [6, 6.07) is 11.4. The Morgan fingerprint density at radius 3 is 2.68 bits per heavy atom. The van der Waals surface area contributed by atoms with Crippen LogP contribution in [0.5, 0.6) is 5.75 Å². The SMILES string of the molecule is COc1ccc(C)c2sc(N(Cc3ccco3)C(=O)c3cccc(C(F)(F)F)c3)nc12. The molecule has 0 spiro atoms. The van der Waals surface area contributed by atoms with E-state index in [9.17, 15) is 18.0 Å². The third-order valence-corrected chi connectivity index (χ3v) is 5.93. The summed E-state index contributed by atoms with van der Waals surface area (Å²) in [5.74, 6) is 0.411. The molecule has 0 saturated heterocycles. The number of alkyl halides is 3. The van der Waals surface area contributed by atoms with Crippen LogP contribution in [-0.2, 0) is 12.7 Å². The molecule has 2 heterocycles. The number of furan rings is 1. The first kappa shape index (κ1) is 20.9. The Bertz CT molecular complexity index is 1230. The van der Waals surface area contributed by atoms with Crippen molar-refractivity contribution in [3.05, 3.63) is 77.2 Å². The molecule has 2 aromatic heterocycles. The summed E-state index contributed by atoms with van der Waals surface area (Å²) in [6.07, 6.45) is -3.09. The normalized spacial score (nSPS) is 11.6. The van der Waals surface area contributed by atoms with Crippen molar-refractivity contribution in [2.45, 2.75) is 19.6 Å². The van der Waals surface area contributed by atoms with Crippen LogP contribution in [0.25, 0.3) is 10.2 Å². The predicted molar refractivity (Wildman–Crippen MR) is 112 cm³/mol. The fraction of sp³-hybridized carbons (Fsp3) is 0.182. The topological polar surface area (TPSA) is 55.6 Å². The van der Waals surface area contributed by atoms with Gasteiger partial charge in [-0.1, -0.05) is 23.5 Å². The van der Waals surface area contributed by atoms with E-state index >= 15 is 0 Å². The fourth-order valence-corrected chi connectivity index (χ4v) is 4.20. The maximum Gasteiger partial charge on any atom is 0.416 e. The van der Waals surface area contributed by atoms with Crippen LogP contribution in [0.3, 0.4) is 0 Å². The Labute approximate surface area is 179 Å². The standard InChI is InChI=1S/C22H17F3N2O3S/c1-13-8-9-17(29-2)18-19(13)31-21(26-18)27(12-16-7-4-10-30-16)20(28)14-5-3-6-15(11-14)22(23,24)25/h3-11H,12H2,1-2H3. The van der Waals surface area contributed by atoms with Crippen LogP contribution >= 0.6 is 11.3 Å². The largest absolute Gasteiger partial charge is 0.494 e. The zero-order valence-electron chi connectivity index (χ0n) is 16.6. The van der Waals surface area contributed by atoms with Gasteiger partial charge in [-0.15, -0.1) is 0 Å². The minimum absolute atomic E-state index is 0.0171. The lowest BCUT2D eigenvalue weighted by atomic mass is 10.1. The third kappa shape index (κ3) is 4.13. The molecular weight excluding hydrogens is 429 g/mol. The zero-order chi connectivity index (χ0) is 22.2. The number of carbonyl (C=O) groups is 1. The van der Waals surface area contributed by atoms with Gasteiger partial charge in [-0.05, 0) is 48.9 Å². The minimum Gasteiger partial charge on any atom is -0.494 e. The van der Waals surface area contributed by atoms with E-state index in [-0.39, 0.29) is 12.1 Å². The number of hydrogen-bond donors (Lipinski definition) is 0. The van der Waals surface area contributed by atoms with E-state index in [0.717, 1.165) is 22.4 Å². The van der Waals surface area contributed by atoms with Crippen molar-refractivity contribution in [3.8, 4) is 5.75 Å². The van der Waals surface area contributed by atoms with E-state index in [1.165, 1.54) is 41.7 Å². The summed E-state index contributed by atoms with van der Waals surface area (Å²) in [7, 11) is 1.53. The highest BCUT2D eigenvalue weighted by atomic mass is 32.1. The number of methoxy groups -OCH3 is 1. The van der Waals surface area contributed by atoms with Gasteiger partial charge in [0.1, 0.15) is 17.0 Å². The molecule has 0 bridgehead atoms. The lowest BCUT2D eigenvalue weighted by Crippen LogP contribution is -2.30. The third-order valence-electron chi connectivity index (χ3n) is 4.72. The van der Waals surface area contributed by atoms with Gasteiger partial charge in [-0.25, -0.2) is 4.98 Å². The second kappa shape index (κ2) is 8.07. The Morgan fingerprint density at radius 1 is 1.19 bits per heavy atom. The highest BCUT2D eigenvalue weighted by Crippen LogP contribution is 2.37. The van der Waals surface area contributed by atoms with Gasteiger partial charge in [0.05, 0.1) is 30.2 Å². The molecule has 4 rings (SSSR count). The average molecular weight is 446 g/mol. The molecule has 9 heteroatoms. The summed E-state index contributed by atoms with van der Waals surface area (Å²) in [5, 5.41) is 0.335. The number of carbonyl (C=O) groups excluding carboxylic acids is 1. The summed E-state index contributed by atoms with van der Waals surface area (Å²) in [4.78, 5) is 19.2. The van der Waals surface area contributed by atoms with Gasteiger partial charge in [-0.2, -0.15) is 13.2 Å². The van der Waals surface area contributed by atoms with E-state index in [2.05, 4.69) is 4.98 Å². The number of nitrogens with zero attached hydrogens (tertiary/aromatic N) is 2. The minimum atomic E-state index is -4.55. The number of hydrogen-bond acceptors (Lipinski definition) is 5. The van der Waals surface area contributed by atoms with Crippen LogP contribution in [0.2, 0.25) is 0 Å². The molecule has 160 valence electrons. The molecule has 0 radical (unpaired) electrons. The molecule has 0 N–H and O–H groups in total. The van der Waals surface area contributed by atoms with Crippen LogP contribution in [0.4, 0.5) is 18.3 Å². The van der Waals surface area contributed by atoms with E-state index in [4.69, 9.17) is 9.15 Å². The monoisotopic (exact) mass is 446 g/mol. The number of rotatable bonds is 5. The molecule has 0 saturated carbocycles. The number of thiazole rings is 1. The first-order valence-corrected chi connectivity index (χ1v) is 10.0. The van der Waals surface area contributed by atoms with Crippen molar-refractivity contribution in [3.63, 3.8) is 0 Å². The number of aryl methyl sites for hydroxylation is 1. The number of halogens is 3. The van der Waals surface area contributed by atoms with Crippen molar-refractivity contribution in [1.82, 2.24) is 4.98 Å². The molecule has 2 aromatic carbocycles. The van der Waals surface area contributed by atoms with Gasteiger partial charge >= 0.3 is 6.18 Å². The highest BCUT2D eigenvalue weighted by Gasteiger charge is 2.32. The Kier molecular flexibility index (Phi) is 5.45. The van der Waals surface area contributed by atoms with Crippen molar-refractivity contribution in [2.24, 2.45) is 0 Å². The Hall–Kier alpha value is -3.33. The molecule has 0 unspecified atom stereocenters. The molecule has 0 aliphatic rings. The maximum absolute atomic E-state index is 13.3. The maximum atomic E-state index is 13.3. The number of ether oxygens (including phenoxy) is 1. The number of aromatic nitrogens is 1. The van der Waals surface area contributed by atoms with Gasteiger partial charge in [0.25, 0.3) is 5.91 Å². The van der Waals surface area contributed by atoms with E-state index in [1.807, 2.05) is 13.0 Å². The van der Waals surface area contributed by atoms with Gasteiger partial charge in [-0.3, -0.25) is 9.69 Å². The molecular formula is C22H17F3N2O3S. The number of anilines is 1. The molecule has 0 aliphatic carbocycles. The molecule has 4 aromatic rings. The van der Waals surface area contributed by atoms with Gasteiger partial charge in [0.2, 0.25) is 0 Å². The Morgan fingerprint density at radius 2 is 2.00 bits per heavy atom. The smallest absolute Gasteiger partial charge is 0.416 e. The second-order valence-electron chi connectivity index (χ2n) is 6.81. The lowest BCUT2D eigenvalue weighted by Gasteiger charge is -2.19. The number of benzene rings is 2. The van der Waals surface area contributed by atoms with Crippen LogP contribution in [0.15, 0.2) is 59.2 Å². The fourth-order valence-electron chi connectivity index (χ4n) is 3.15. The quantitative estimate of drug-likeness (QED) is 0.373. The summed E-state index contributed by atoms with van der Waals surface area (Å²) in [5.41, 5.74) is 0.551. The molecule has 0 fully saturated rings. The van der Waals surface area contributed by atoms with Crippen molar-refractivity contribution >= 4 is 32.6 Å². The van der Waals surface area contributed by atoms with E-state index in [0.29, 0.717) is 22.2 Å². The van der Waals surface area contributed by atoms with Crippen molar-refractivity contribution < 1.29 is 27.1 Å². The molecule has 0 atom stereocenters. The zero-order valence-corrected chi connectivity index (χ0v) is 17.4. The van der Waals surface area contributed by atoms with Crippen LogP contribution in [0.1, 0.15) is 27.2 Å².